The second kappa shape index (κ2) is 8.95. The van der Waals surface area contributed by atoms with Gasteiger partial charge in [0.05, 0.1) is 17.1 Å². The van der Waals surface area contributed by atoms with Gasteiger partial charge in [0.25, 0.3) is 15.9 Å². The molecule has 33 heavy (non-hydrogen) atoms. The number of carbonyl (C=O) groups is 1. The van der Waals surface area contributed by atoms with Crippen LogP contribution >= 0.6 is 11.3 Å². The first-order chi connectivity index (χ1) is 15.6. The van der Waals surface area contributed by atoms with Crippen molar-refractivity contribution in [1.82, 2.24) is 14.5 Å². The number of hydrogen-bond donors (Lipinski definition) is 1. The van der Waals surface area contributed by atoms with Crippen molar-refractivity contribution >= 4 is 33.0 Å². The first-order valence-electron chi connectivity index (χ1n) is 11.1. The minimum Gasteiger partial charge on any atom is -0.345 e. The Hall–Kier alpha value is -2.65. The molecule has 1 saturated heterocycles. The highest BCUT2D eigenvalue weighted by Gasteiger charge is 2.27. The number of nitrogens with zero attached hydrogens (tertiary/aromatic N) is 3. The van der Waals surface area contributed by atoms with Crippen LogP contribution in [0.25, 0.3) is 10.7 Å². The number of amides is 1. The molecular weight excluding hydrogens is 456 g/mol. The zero-order valence-electron chi connectivity index (χ0n) is 19.7. The molecule has 1 amide bonds. The number of likely N-dealkylation sites (tertiary alicyclic amines) is 1. The fourth-order valence-corrected chi connectivity index (χ4v) is 6.65. The van der Waals surface area contributed by atoms with E-state index < -0.39 is 10.0 Å². The Bertz CT molecular complexity index is 1320. The molecule has 0 aliphatic carbocycles. The lowest BCUT2D eigenvalue weighted by atomic mass is 10.1. The van der Waals surface area contributed by atoms with E-state index >= 15 is 0 Å². The predicted molar refractivity (Wildman–Crippen MR) is 132 cm³/mol. The molecule has 0 bridgehead atoms. The molecule has 1 aliphatic rings. The maximum atomic E-state index is 13.3. The summed E-state index contributed by atoms with van der Waals surface area (Å²) in [4.78, 5) is 20.4. The van der Waals surface area contributed by atoms with Crippen molar-refractivity contribution in [2.24, 2.45) is 7.05 Å². The summed E-state index contributed by atoms with van der Waals surface area (Å²) in [7, 11) is -1.97. The van der Waals surface area contributed by atoms with Crippen LogP contribution in [-0.2, 0) is 17.1 Å². The summed E-state index contributed by atoms with van der Waals surface area (Å²) in [5, 5.41) is 0.645. The van der Waals surface area contributed by atoms with Crippen molar-refractivity contribution in [3.05, 3.63) is 51.7 Å². The number of hydrogen-bond acceptors (Lipinski definition) is 5. The number of carbonyl (C=O) groups excluding carboxylic acids is 1. The van der Waals surface area contributed by atoms with E-state index in [0.717, 1.165) is 43.5 Å². The summed E-state index contributed by atoms with van der Waals surface area (Å²) < 4.78 is 31.1. The normalized spacial score (nSPS) is 14.5. The van der Waals surface area contributed by atoms with E-state index in [2.05, 4.69) is 9.71 Å². The van der Waals surface area contributed by atoms with Gasteiger partial charge in [0.15, 0.2) is 0 Å². The predicted octanol–water partition coefficient (Wildman–Crippen LogP) is 4.81. The van der Waals surface area contributed by atoms with Gasteiger partial charge in [0.1, 0.15) is 14.8 Å². The molecule has 0 atom stereocenters. The molecule has 1 fully saturated rings. The van der Waals surface area contributed by atoms with Crippen molar-refractivity contribution < 1.29 is 13.2 Å². The highest BCUT2D eigenvalue weighted by molar-refractivity contribution is 7.92. The van der Waals surface area contributed by atoms with Gasteiger partial charge in [-0.1, -0.05) is 12.1 Å². The Morgan fingerprint density at radius 3 is 2.48 bits per heavy atom. The van der Waals surface area contributed by atoms with Crippen molar-refractivity contribution in [2.75, 3.05) is 17.8 Å². The fourth-order valence-electron chi connectivity index (χ4n) is 4.16. The molecule has 3 heterocycles. The zero-order chi connectivity index (χ0) is 23.9. The lowest BCUT2D eigenvalue weighted by molar-refractivity contribution is 0.0728. The molecule has 0 saturated carbocycles. The second-order valence-corrected chi connectivity index (χ2v) is 11.3. The van der Waals surface area contributed by atoms with Crippen molar-refractivity contribution in [3.8, 4) is 10.7 Å². The standard InChI is InChI=1S/C24H30N4O3S2/c1-15-10-9-11-19(16(15)2)26-33(30,31)21-14-20(27(5)18(21)4)23-25-17(3)22(32-23)24(29)28-12-7-6-8-13-28/h9-11,14,26H,6-8,12-13H2,1-5H3. The van der Waals surface area contributed by atoms with Gasteiger partial charge in [0, 0.05) is 25.8 Å². The minimum absolute atomic E-state index is 0.0197. The monoisotopic (exact) mass is 486 g/mol. The van der Waals surface area contributed by atoms with E-state index in [4.69, 9.17) is 0 Å². The van der Waals surface area contributed by atoms with Crippen LogP contribution in [0.5, 0.6) is 0 Å². The molecule has 2 aromatic heterocycles. The number of benzene rings is 1. The summed E-state index contributed by atoms with van der Waals surface area (Å²) in [5.74, 6) is 0.0197. The first kappa shape index (κ1) is 23.5. The molecule has 4 rings (SSSR count). The molecule has 0 radical (unpaired) electrons. The number of nitrogens with one attached hydrogen (secondary N) is 1. The Kier molecular flexibility index (Phi) is 6.37. The minimum atomic E-state index is -3.80. The third-order valence-electron chi connectivity index (χ3n) is 6.48. The Morgan fingerprint density at radius 2 is 1.79 bits per heavy atom. The molecule has 0 unspecified atom stereocenters. The molecule has 1 aromatic carbocycles. The van der Waals surface area contributed by atoms with Crippen LogP contribution in [0.4, 0.5) is 5.69 Å². The number of aromatic nitrogens is 2. The van der Waals surface area contributed by atoms with E-state index in [1.807, 2.05) is 49.4 Å². The molecule has 1 N–H and O–H groups in total. The highest BCUT2D eigenvalue weighted by Crippen LogP contribution is 2.34. The third-order valence-corrected chi connectivity index (χ3v) is 9.13. The average molecular weight is 487 g/mol. The Labute approximate surface area is 199 Å². The number of anilines is 1. The van der Waals surface area contributed by atoms with Gasteiger partial charge >= 0.3 is 0 Å². The van der Waals surface area contributed by atoms with Crippen LogP contribution in [0.15, 0.2) is 29.2 Å². The van der Waals surface area contributed by atoms with E-state index in [1.165, 1.54) is 11.3 Å². The fraction of sp³-hybridized carbons (Fsp3) is 0.417. The molecule has 1 aliphatic heterocycles. The topological polar surface area (TPSA) is 84.3 Å². The quantitative estimate of drug-likeness (QED) is 0.561. The lowest BCUT2D eigenvalue weighted by Crippen LogP contribution is -2.35. The Balaban J connectivity index is 1.67. The van der Waals surface area contributed by atoms with E-state index in [9.17, 15) is 13.2 Å². The van der Waals surface area contributed by atoms with Gasteiger partial charge in [-0.3, -0.25) is 9.52 Å². The van der Waals surface area contributed by atoms with E-state index in [0.29, 0.717) is 32.7 Å². The number of piperidine rings is 1. The van der Waals surface area contributed by atoms with Crippen LogP contribution in [0.3, 0.4) is 0 Å². The maximum absolute atomic E-state index is 13.3. The maximum Gasteiger partial charge on any atom is 0.265 e. The summed E-state index contributed by atoms with van der Waals surface area (Å²) in [5.41, 5.74) is 4.46. The third kappa shape index (κ3) is 4.44. The molecular formula is C24H30N4O3S2. The summed E-state index contributed by atoms with van der Waals surface area (Å²) in [6, 6.07) is 7.20. The summed E-state index contributed by atoms with van der Waals surface area (Å²) in [6.45, 7) is 9.03. The summed E-state index contributed by atoms with van der Waals surface area (Å²) in [6.07, 6.45) is 3.22. The highest BCUT2D eigenvalue weighted by atomic mass is 32.2. The summed E-state index contributed by atoms with van der Waals surface area (Å²) >= 11 is 1.33. The molecule has 0 spiro atoms. The van der Waals surface area contributed by atoms with Crippen LogP contribution in [0, 0.1) is 27.7 Å². The molecule has 9 heteroatoms. The smallest absolute Gasteiger partial charge is 0.265 e. The lowest BCUT2D eigenvalue weighted by Gasteiger charge is -2.26. The molecule has 176 valence electrons. The van der Waals surface area contributed by atoms with Crippen molar-refractivity contribution in [2.45, 2.75) is 51.9 Å². The van der Waals surface area contributed by atoms with Gasteiger partial charge in [0.2, 0.25) is 0 Å². The Morgan fingerprint density at radius 1 is 1.09 bits per heavy atom. The van der Waals surface area contributed by atoms with Gasteiger partial charge in [-0.2, -0.15) is 0 Å². The second-order valence-electron chi connectivity index (χ2n) is 8.68. The SMILES string of the molecule is Cc1cccc(NS(=O)(=O)c2cc(-c3nc(C)c(C(=O)N4CCCCC4)s3)n(C)c2C)c1C. The molecule has 7 nitrogen and oxygen atoms in total. The van der Waals surface area contributed by atoms with Gasteiger partial charge in [-0.25, -0.2) is 13.4 Å². The van der Waals surface area contributed by atoms with Gasteiger partial charge in [-0.15, -0.1) is 11.3 Å². The number of aryl methyl sites for hydroxylation is 2. The first-order valence-corrected chi connectivity index (χ1v) is 13.4. The van der Waals surface area contributed by atoms with E-state index in [-0.39, 0.29) is 10.8 Å². The van der Waals surface area contributed by atoms with Crippen molar-refractivity contribution in [1.29, 1.82) is 0 Å². The number of rotatable bonds is 5. The van der Waals surface area contributed by atoms with E-state index in [1.54, 1.807) is 19.1 Å². The zero-order valence-corrected chi connectivity index (χ0v) is 21.4. The van der Waals surface area contributed by atoms with Crippen LogP contribution < -0.4 is 4.72 Å². The van der Waals surface area contributed by atoms with Gasteiger partial charge in [-0.05, 0) is 70.2 Å². The average Bonchev–Trinajstić information content (AvgIpc) is 3.31. The number of thiazole rings is 1. The van der Waals surface area contributed by atoms with Crippen molar-refractivity contribution in [3.63, 3.8) is 0 Å². The van der Waals surface area contributed by atoms with Gasteiger partial charge < -0.3 is 9.47 Å². The number of sulfonamides is 1. The van der Waals surface area contributed by atoms with Crippen LogP contribution in [0.1, 0.15) is 51.4 Å². The molecule has 3 aromatic rings. The van der Waals surface area contributed by atoms with Crippen LogP contribution in [-0.4, -0.2) is 41.9 Å². The van der Waals surface area contributed by atoms with Crippen LogP contribution in [0.2, 0.25) is 0 Å². The largest absolute Gasteiger partial charge is 0.345 e.